The average Bonchev–Trinajstić information content (AvgIpc) is 2.15. The first-order valence-electron chi connectivity index (χ1n) is 2.64. The van der Waals surface area contributed by atoms with Gasteiger partial charge in [0.15, 0.2) is 0 Å². The molecular weight excluding hydrogens is 206 g/mol. The number of nitrogens with zero attached hydrogens (tertiary/aromatic N) is 2. The monoisotopic (exact) mass is 210 g/mol. The third kappa shape index (κ3) is 1.76. The summed E-state index contributed by atoms with van der Waals surface area (Å²) < 4.78 is 25.3. The van der Waals surface area contributed by atoms with E-state index in [9.17, 15) is 8.78 Å². The first-order chi connectivity index (χ1) is 4.70. The van der Waals surface area contributed by atoms with Gasteiger partial charge < -0.3 is 4.57 Å². The Balaban J connectivity index is 2.65. The van der Waals surface area contributed by atoms with Gasteiger partial charge in [0.05, 0.1) is 19.1 Å². The van der Waals surface area contributed by atoms with Crippen molar-refractivity contribution in [2.24, 2.45) is 0 Å². The van der Waals surface area contributed by atoms with E-state index in [4.69, 9.17) is 0 Å². The van der Waals surface area contributed by atoms with Crippen LogP contribution in [0.5, 0.6) is 0 Å². The lowest BCUT2D eigenvalue weighted by molar-refractivity contribution is 0.126. The lowest BCUT2D eigenvalue weighted by Crippen LogP contribution is -2.04. The van der Waals surface area contributed by atoms with Crippen LogP contribution in [0, 0.1) is 0 Å². The summed E-state index contributed by atoms with van der Waals surface area (Å²) in [6.07, 6.45) is 0.504. The molecule has 1 rings (SSSR count). The molecule has 0 radical (unpaired) electrons. The fourth-order valence-electron chi connectivity index (χ4n) is 0.588. The SMILES string of the molecule is FC(F)Cn1cncc1Br. The van der Waals surface area contributed by atoms with Crippen molar-refractivity contribution in [1.29, 1.82) is 0 Å². The maximum Gasteiger partial charge on any atom is 0.256 e. The molecule has 0 aromatic carbocycles. The lowest BCUT2D eigenvalue weighted by Gasteiger charge is -2.00. The summed E-state index contributed by atoms with van der Waals surface area (Å²) in [4.78, 5) is 3.66. The molecule has 1 heterocycles. The van der Waals surface area contributed by atoms with Crippen LogP contribution in [0.4, 0.5) is 8.78 Å². The molecule has 1 aromatic heterocycles. The number of rotatable bonds is 2. The predicted octanol–water partition coefficient (Wildman–Crippen LogP) is 1.91. The zero-order valence-corrected chi connectivity index (χ0v) is 6.55. The van der Waals surface area contributed by atoms with Crippen molar-refractivity contribution in [3.05, 3.63) is 17.1 Å². The Hall–Kier alpha value is -0.450. The fraction of sp³-hybridized carbons (Fsp3) is 0.400. The van der Waals surface area contributed by atoms with E-state index in [0.717, 1.165) is 0 Å². The minimum absolute atomic E-state index is 0.305. The molecule has 2 nitrogen and oxygen atoms in total. The Morgan fingerprint density at radius 1 is 1.70 bits per heavy atom. The third-order valence-corrected chi connectivity index (χ3v) is 1.66. The Kier molecular flexibility index (Phi) is 2.37. The number of imidazole rings is 1. The second-order valence-corrected chi connectivity index (χ2v) is 2.57. The fourth-order valence-corrected chi connectivity index (χ4v) is 0.942. The van der Waals surface area contributed by atoms with E-state index in [1.165, 1.54) is 17.1 Å². The molecule has 56 valence electrons. The molecule has 5 heteroatoms. The van der Waals surface area contributed by atoms with E-state index in [0.29, 0.717) is 4.60 Å². The summed E-state index contributed by atoms with van der Waals surface area (Å²) in [5.74, 6) is 0. The maximum absolute atomic E-state index is 11.7. The molecule has 0 unspecified atom stereocenters. The van der Waals surface area contributed by atoms with Crippen molar-refractivity contribution in [2.75, 3.05) is 0 Å². The molecule has 0 aliphatic carbocycles. The zero-order valence-electron chi connectivity index (χ0n) is 4.97. The van der Waals surface area contributed by atoms with Crippen molar-refractivity contribution in [3.63, 3.8) is 0 Å². The van der Waals surface area contributed by atoms with Crippen LogP contribution in [-0.4, -0.2) is 16.0 Å². The number of aromatic nitrogens is 2. The van der Waals surface area contributed by atoms with Gasteiger partial charge in [0.1, 0.15) is 4.60 Å². The topological polar surface area (TPSA) is 17.8 Å². The van der Waals surface area contributed by atoms with Crippen molar-refractivity contribution in [1.82, 2.24) is 9.55 Å². The Morgan fingerprint density at radius 2 is 2.40 bits per heavy atom. The van der Waals surface area contributed by atoms with Crippen LogP contribution >= 0.6 is 15.9 Å². The van der Waals surface area contributed by atoms with E-state index in [1.807, 2.05) is 0 Å². The van der Waals surface area contributed by atoms with Crippen LogP contribution in [0.2, 0.25) is 0 Å². The molecule has 0 bridgehead atoms. The Labute approximate surface area is 65.0 Å². The van der Waals surface area contributed by atoms with E-state index in [1.54, 1.807) is 0 Å². The number of halogens is 3. The van der Waals surface area contributed by atoms with Crippen LogP contribution in [0.25, 0.3) is 0 Å². The highest BCUT2D eigenvalue weighted by Gasteiger charge is 2.05. The van der Waals surface area contributed by atoms with E-state index < -0.39 is 6.43 Å². The van der Waals surface area contributed by atoms with Crippen LogP contribution in [0.3, 0.4) is 0 Å². The molecule has 0 aliphatic heterocycles. The summed E-state index contributed by atoms with van der Waals surface area (Å²) in [5, 5.41) is 0. The first-order valence-corrected chi connectivity index (χ1v) is 3.43. The molecule has 0 atom stereocenters. The van der Waals surface area contributed by atoms with Gasteiger partial charge in [0.25, 0.3) is 6.43 Å². The summed E-state index contributed by atoms with van der Waals surface area (Å²) >= 11 is 3.06. The molecule has 0 aliphatic rings. The Bertz CT molecular complexity index is 211. The molecule has 10 heavy (non-hydrogen) atoms. The number of hydrogen-bond acceptors (Lipinski definition) is 1. The van der Waals surface area contributed by atoms with Gasteiger partial charge in [-0.3, -0.25) is 0 Å². The number of alkyl halides is 2. The maximum atomic E-state index is 11.7. The second kappa shape index (κ2) is 3.09. The minimum atomic E-state index is -2.33. The summed E-state index contributed by atoms with van der Waals surface area (Å²) in [6, 6.07) is 0. The van der Waals surface area contributed by atoms with Gasteiger partial charge in [-0.15, -0.1) is 0 Å². The summed E-state index contributed by atoms with van der Waals surface area (Å²) in [7, 11) is 0. The normalized spacial score (nSPS) is 10.8. The summed E-state index contributed by atoms with van der Waals surface area (Å²) in [5.41, 5.74) is 0. The van der Waals surface area contributed by atoms with Crippen LogP contribution < -0.4 is 0 Å². The van der Waals surface area contributed by atoms with Gasteiger partial charge in [-0.05, 0) is 15.9 Å². The van der Waals surface area contributed by atoms with Gasteiger partial charge in [-0.25, -0.2) is 13.8 Å². The highest BCUT2D eigenvalue weighted by molar-refractivity contribution is 9.10. The van der Waals surface area contributed by atoms with Crippen molar-refractivity contribution >= 4 is 15.9 Å². The third-order valence-electron chi connectivity index (χ3n) is 0.996. The molecule has 0 fully saturated rings. The molecule has 0 amide bonds. The van der Waals surface area contributed by atoms with Gasteiger partial charge in [-0.1, -0.05) is 0 Å². The molecule has 0 N–H and O–H groups in total. The van der Waals surface area contributed by atoms with Crippen LogP contribution in [0.15, 0.2) is 17.1 Å². The van der Waals surface area contributed by atoms with Gasteiger partial charge in [0.2, 0.25) is 0 Å². The van der Waals surface area contributed by atoms with Crippen molar-refractivity contribution in [2.45, 2.75) is 13.0 Å². The van der Waals surface area contributed by atoms with Crippen molar-refractivity contribution < 1.29 is 8.78 Å². The average molecular weight is 211 g/mol. The molecule has 0 spiro atoms. The van der Waals surface area contributed by atoms with Gasteiger partial charge >= 0.3 is 0 Å². The quantitative estimate of drug-likeness (QED) is 0.730. The molecular formula is C5H5BrF2N2. The Morgan fingerprint density at radius 3 is 2.80 bits per heavy atom. The summed E-state index contributed by atoms with van der Waals surface area (Å²) in [6.45, 7) is -0.305. The van der Waals surface area contributed by atoms with Gasteiger partial charge in [-0.2, -0.15) is 0 Å². The largest absolute Gasteiger partial charge is 0.320 e. The lowest BCUT2D eigenvalue weighted by atomic mass is 10.6. The smallest absolute Gasteiger partial charge is 0.256 e. The molecule has 1 aromatic rings. The zero-order chi connectivity index (χ0) is 7.56. The predicted molar refractivity (Wildman–Crippen MR) is 35.9 cm³/mol. The number of hydrogen-bond donors (Lipinski definition) is 0. The van der Waals surface area contributed by atoms with Crippen molar-refractivity contribution in [3.8, 4) is 0 Å². The minimum Gasteiger partial charge on any atom is -0.320 e. The van der Waals surface area contributed by atoms with E-state index in [-0.39, 0.29) is 6.54 Å². The standard InChI is InChI=1S/C5H5BrF2N2/c6-4-1-9-3-10(4)2-5(7)8/h1,3,5H,2H2. The molecule has 0 saturated carbocycles. The molecule has 0 saturated heterocycles. The highest BCUT2D eigenvalue weighted by atomic mass is 79.9. The van der Waals surface area contributed by atoms with E-state index >= 15 is 0 Å². The van der Waals surface area contributed by atoms with Crippen LogP contribution in [0.1, 0.15) is 0 Å². The van der Waals surface area contributed by atoms with Gasteiger partial charge in [0, 0.05) is 0 Å². The second-order valence-electron chi connectivity index (χ2n) is 1.76. The highest BCUT2D eigenvalue weighted by Crippen LogP contribution is 2.09. The van der Waals surface area contributed by atoms with Crippen LogP contribution in [-0.2, 0) is 6.54 Å². The van der Waals surface area contributed by atoms with E-state index in [2.05, 4.69) is 20.9 Å². The first kappa shape index (κ1) is 7.65.